The van der Waals surface area contributed by atoms with Gasteiger partial charge in [0.2, 0.25) is 0 Å². The van der Waals surface area contributed by atoms with Gasteiger partial charge in [-0.3, -0.25) is 9.69 Å². The quantitative estimate of drug-likeness (QED) is 0.753. The summed E-state index contributed by atoms with van der Waals surface area (Å²) >= 11 is 0. The highest BCUT2D eigenvalue weighted by molar-refractivity contribution is 7.91. The van der Waals surface area contributed by atoms with Crippen molar-refractivity contribution in [1.29, 1.82) is 0 Å². The first-order valence-electron chi connectivity index (χ1n) is 9.15. The van der Waals surface area contributed by atoms with Gasteiger partial charge < -0.3 is 14.2 Å². The van der Waals surface area contributed by atoms with E-state index in [9.17, 15) is 13.2 Å². The number of furan rings is 1. The van der Waals surface area contributed by atoms with Crippen molar-refractivity contribution in [2.75, 3.05) is 45.2 Å². The van der Waals surface area contributed by atoms with Crippen molar-refractivity contribution < 1.29 is 17.6 Å². The molecule has 3 rings (SSSR count). The Balaban J connectivity index is 1.79. The van der Waals surface area contributed by atoms with Crippen molar-refractivity contribution in [2.24, 2.45) is 5.92 Å². The minimum atomic E-state index is -3.13. The maximum absolute atomic E-state index is 13.0. The summed E-state index contributed by atoms with van der Waals surface area (Å²) in [5.41, 5.74) is 0. The normalized spacial score (nSPS) is 25.8. The monoisotopic (exact) mass is 383 g/mol. The number of carbonyl (C=O) groups is 1. The Morgan fingerprint density at radius 1 is 1.23 bits per heavy atom. The molecule has 0 radical (unpaired) electrons. The molecule has 0 spiro atoms. The fourth-order valence-electron chi connectivity index (χ4n) is 4.00. The van der Waals surface area contributed by atoms with Crippen molar-refractivity contribution in [3.63, 3.8) is 0 Å². The van der Waals surface area contributed by atoms with E-state index in [4.69, 9.17) is 4.42 Å². The SMILES string of the molecule is CC(C)CN1CCN(C(=O)c2ccc(CN(C)C)o2)[C@H]2CS(=O)(=O)C[C@H]21. The molecular weight excluding hydrogens is 354 g/mol. The summed E-state index contributed by atoms with van der Waals surface area (Å²) in [4.78, 5) is 18.9. The fraction of sp³-hybridized carbons (Fsp3) is 0.722. The Morgan fingerprint density at radius 2 is 1.92 bits per heavy atom. The van der Waals surface area contributed by atoms with E-state index < -0.39 is 9.84 Å². The first kappa shape index (κ1) is 19.4. The van der Waals surface area contributed by atoms with Crippen molar-refractivity contribution in [3.8, 4) is 0 Å². The van der Waals surface area contributed by atoms with E-state index in [1.54, 1.807) is 11.0 Å². The van der Waals surface area contributed by atoms with Gasteiger partial charge in [0.05, 0.1) is 24.1 Å². The highest BCUT2D eigenvalue weighted by atomic mass is 32.2. The lowest BCUT2D eigenvalue weighted by atomic mass is 10.0. The molecule has 7 nitrogen and oxygen atoms in total. The van der Waals surface area contributed by atoms with Crippen LogP contribution in [0, 0.1) is 5.92 Å². The van der Waals surface area contributed by atoms with E-state index in [-0.39, 0.29) is 29.5 Å². The van der Waals surface area contributed by atoms with E-state index >= 15 is 0 Å². The van der Waals surface area contributed by atoms with Crippen LogP contribution in [0.4, 0.5) is 0 Å². The Hall–Kier alpha value is -1.38. The standard InChI is InChI=1S/C18H29N3O4S/c1-13(2)9-20-7-8-21(16-12-26(23,24)11-15(16)20)18(22)17-6-5-14(25-17)10-19(3)4/h5-6,13,15-16H,7-12H2,1-4H3/t15-,16+/m1/s1. The second kappa shape index (κ2) is 7.32. The number of hydrogen-bond acceptors (Lipinski definition) is 6. The average Bonchev–Trinajstić information content (AvgIpc) is 3.09. The van der Waals surface area contributed by atoms with Crippen molar-refractivity contribution in [2.45, 2.75) is 32.5 Å². The molecule has 0 aromatic carbocycles. The third-order valence-corrected chi connectivity index (χ3v) is 6.69. The fourth-order valence-corrected chi connectivity index (χ4v) is 6.02. The van der Waals surface area contributed by atoms with Gasteiger partial charge in [-0.15, -0.1) is 0 Å². The van der Waals surface area contributed by atoms with E-state index in [0.29, 0.717) is 31.3 Å². The molecule has 0 bridgehead atoms. The highest BCUT2D eigenvalue weighted by Crippen LogP contribution is 2.29. The van der Waals surface area contributed by atoms with Crippen molar-refractivity contribution in [1.82, 2.24) is 14.7 Å². The summed E-state index contributed by atoms with van der Waals surface area (Å²) in [6.45, 7) is 6.97. The minimum absolute atomic E-state index is 0.0449. The number of rotatable bonds is 5. The maximum Gasteiger partial charge on any atom is 0.289 e. The summed E-state index contributed by atoms with van der Waals surface area (Å²) in [7, 11) is 0.743. The molecule has 0 saturated carbocycles. The van der Waals surface area contributed by atoms with Gasteiger partial charge in [-0.25, -0.2) is 8.42 Å². The highest BCUT2D eigenvalue weighted by Gasteiger charge is 2.48. The van der Waals surface area contributed by atoms with Gasteiger partial charge in [0.25, 0.3) is 5.91 Å². The van der Waals surface area contributed by atoms with Gasteiger partial charge in [0.1, 0.15) is 5.76 Å². The van der Waals surface area contributed by atoms with E-state index in [2.05, 4.69) is 18.7 Å². The maximum atomic E-state index is 13.0. The Labute approximate surface area is 155 Å². The summed E-state index contributed by atoms with van der Waals surface area (Å²) in [6, 6.07) is 3.10. The summed E-state index contributed by atoms with van der Waals surface area (Å²) in [5.74, 6) is 1.46. The van der Waals surface area contributed by atoms with E-state index in [1.165, 1.54) is 0 Å². The number of fused-ring (bicyclic) bond motifs is 1. The van der Waals surface area contributed by atoms with Crippen LogP contribution in [0.1, 0.15) is 30.2 Å². The van der Waals surface area contributed by atoms with Crippen LogP contribution >= 0.6 is 0 Å². The summed E-state index contributed by atoms with van der Waals surface area (Å²) < 4.78 is 30.2. The Bertz CT molecular complexity index is 756. The van der Waals surface area contributed by atoms with Gasteiger partial charge >= 0.3 is 0 Å². The van der Waals surface area contributed by atoms with Crippen LogP contribution in [0.3, 0.4) is 0 Å². The molecule has 0 N–H and O–H groups in total. The van der Waals surface area contributed by atoms with E-state index in [0.717, 1.165) is 12.3 Å². The Kier molecular flexibility index (Phi) is 5.46. The van der Waals surface area contributed by atoms with Crippen LogP contribution in [0.25, 0.3) is 0 Å². The molecule has 1 aromatic heterocycles. The van der Waals surface area contributed by atoms with Crippen LogP contribution in [0.2, 0.25) is 0 Å². The molecule has 0 aliphatic carbocycles. The molecule has 2 fully saturated rings. The van der Waals surface area contributed by atoms with Crippen LogP contribution in [0.15, 0.2) is 16.5 Å². The topological polar surface area (TPSA) is 74.1 Å². The second-order valence-electron chi connectivity index (χ2n) is 8.10. The third kappa shape index (κ3) is 4.13. The molecule has 2 aliphatic rings. The number of amides is 1. The van der Waals surface area contributed by atoms with Crippen molar-refractivity contribution in [3.05, 3.63) is 23.7 Å². The zero-order valence-electron chi connectivity index (χ0n) is 16.0. The van der Waals surface area contributed by atoms with Crippen molar-refractivity contribution >= 4 is 15.7 Å². The number of hydrogen-bond donors (Lipinski definition) is 0. The lowest BCUT2D eigenvalue weighted by molar-refractivity contribution is 0.0272. The predicted octanol–water partition coefficient (Wildman–Crippen LogP) is 0.921. The number of piperazine rings is 1. The molecule has 0 unspecified atom stereocenters. The zero-order chi connectivity index (χ0) is 19.1. The molecule has 2 saturated heterocycles. The molecular formula is C18H29N3O4S. The average molecular weight is 384 g/mol. The van der Waals surface area contributed by atoms with Crippen LogP contribution in [0.5, 0.6) is 0 Å². The molecule has 2 atom stereocenters. The first-order valence-corrected chi connectivity index (χ1v) is 11.0. The molecule has 1 aromatic rings. The minimum Gasteiger partial charge on any atom is -0.455 e. The molecule has 3 heterocycles. The van der Waals surface area contributed by atoms with Gasteiger partial charge in [-0.05, 0) is 32.1 Å². The predicted molar refractivity (Wildman–Crippen MR) is 99.8 cm³/mol. The zero-order valence-corrected chi connectivity index (χ0v) is 16.8. The van der Waals surface area contributed by atoms with Gasteiger partial charge in [0.15, 0.2) is 15.6 Å². The molecule has 26 heavy (non-hydrogen) atoms. The summed E-state index contributed by atoms with van der Waals surface area (Å²) in [6.07, 6.45) is 0. The van der Waals surface area contributed by atoms with E-state index in [1.807, 2.05) is 25.1 Å². The smallest absolute Gasteiger partial charge is 0.289 e. The van der Waals surface area contributed by atoms with Crippen LogP contribution in [-0.2, 0) is 16.4 Å². The largest absolute Gasteiger partial charge is 0.455 e. The first-order chi connectivity index (χ1) is 12.2. The van der Waals surface area contributed by atoms with Crippen LogP contribution in [-0.4, -0.2) is 86.3 Å². The summed E-state index contributed by atoms with van der Waals surface area (Å²) in [5, 5.41) is 0. The molecule has 2 aliphatic heterocycles. The van der Waals surface area contributed by atoms with Gasteiger partial charge in [0, 0.05) is 25.7 Å². The lowest BCUT2D eigenvalue weighted by Gasteiger charge is -2.44. The second-order valence-corrected chi connectivity index (χ2v) is 10.3. The number of carbonyl (C=O) groups excluding carboxylic acids is 1. The lowest BCUT2D eigenvalue weighted by Crippen LogP contribution is -2.61. The van der Waals surface area contributed by atoms with Crippen LogP contribution < -0.4 is 0 Å². The van der Waals surface area contributed by atoms with Gasteiger partial charge in [-0.2, -0.15) is 0 Å². The molecule has 1 amide bonds. The molecule has 8 heteroatoms. The number of nitrogens with zero attached hydrogens (tertiary/aromatic N) is 3. The third-order valence-electron chi connectivity index (χ3n) is 5.00. The number of sulfone groups is 1. The Morgan fingerprint density at radius 3 is 2.58 bits per heavy atom. The molecule has 146 valence electrons. The van der Waals surface area contributed by atoms with Gasteiger partial charge in [-0.1, -0.05) is 13.8 Å².